The SMILES string of the molecule is CCOC(=O)c1cnn(C)c1CN(CC)Cc1cccs1. The summed E-state index contributed by atoms with van der Waals surface area (Å²) in [5.41, 5.74) is 1.45. The molecule has 0 radical (unpaired) electrons. The van der Waals surface area contributed by atoms with Gasteiger partial charge in [-0.25, -0.2) is 4.79 Å². The largest absolute Gasteiger partial charge is 0.462 e. The second-order valence-electron chi connectivity index (χ2n) is 4.73. The summed E-state index contributed by atoms with van der Waals surface area (Å²) in [6.07, 6.45) is 1.59. The molecule has 0 aliphatic rings. The number of thiophene rings is 1. The first kappa shape index (κ1) is 15.7. The van der Waals surface area contributed by atoms with Gasteiger partial charge in [-0.15, -0.1) is 11.3 Å². The number of rotatable bonds is 7. The summed E-state index contributed by atoms with van der Waals surface area (Å²) in [5.74, 6) is -0.298. The second kappa shape index (κ2) is 7.38. The topological polar surface area (TPSA) is 47.4 Å². The zero-order valence-corrected chi connectivity index (χ0v) is 13.5. The first-order valence-corrected chi connectivity index (χ1v) is 7.96. The standard InChI is InChI=1S/C15H21N3O2S/c1-4-18(10-12-7-6-8-21-12)11-14-13(9-16-17(14)3)15(19)20-5-2/h6-9H,4-5,10-11H2,1-3H3. The molecule has 0 atom stereocenters. The molecule has 0 spiro atoms. The van der Waals surface area contributed by atoms with Crippen LogP contribution in [0.4, 0.5) is 0 Å². The number of aromatic nitrogens is 2. The van der Waals surface area contributed by atoms with Crippen LogP contribution in [0.1, 0.15) is 34.8 Å². The highest BCUT2D eigenvalue weighted by molar-refractivity contribution is 7.09. The molecular weight excluding hydrogens is 286 g/mol. The van der Waals surface area contributed by atoms with E-state index < -0.39 is 0 Å². The lowest BCUT2D eigenvalue weighted by Gasteiger charge is -2.20. The third-order valence-electron chi connectivity index (χ3n) is 3.34. The van der Waals surface area contributed by atoms with Crippen molar-refractivity contribution in [3.8, 4) is 0 Å². The molecule has 0 bridgehead atoms. The van der Waals surface area contributed by atoms with Crippen LogP contribution in [0, 0.1) is 0 Å². The minimum absolute atomic E-state index is 0.298. The number of carbonyl (C=O) groups excluding carboxylic acids is 1. The Morgan fingerprint density at radius 3 is 2.86 bits per heavy atom. The molecule has 0 saturated carbocycles. The van der Waals surface area contributed by atoms with Crippen molar-refractivity contribution in [3.63, 3.8) is 0 Å². The van der Waals surface area contributed by atoms with Gasteiger partial charge in [-0.1, -0.05) is 13.0 Å². The highest BCUT2D eigenvalue weighted by Gasteiger charge is 2.19. The first-order valence-electron chi connectivity index (χ1n) is 7.08. The molecule has 114 valence electrons. The predicted molar refractivity (Wildman–Crippen MR) is 83.3 cm³/mol. The summed E-state index contributed by atoms with van der Waals surface area (Å²) in [7, 11) is 1.86. The Bertz CT molecular complexity index is 578. The number of hydrogen-bond acceptors (Lipinski definition) is 5. The van der Waals surface area contributed by atoms with Gasteiger partial charge >= 0.3 is 5.97 Å². The van der Waals surface area contributed by atoms with E-state index in [4.69, 9.17) is 4.74 Å². The Morgan fingerprint density at radius 1 is 1.43 bits per heavy atom. The highest BCUT2D eigenvalue weighted by atomic mass is 32.1. The van der Waals surface area contributed by atoms with Crippen molar-refractivity contribution < 1.29 is 9.53 Å². The molecule has 2 aromatic rings. The van der Waals surface area contributed by atoms with Crippen molar-refractivity contribution in [3.05, 3.63) is 39.8 Å². The van der Waals surface area contributed by atoms with Gasteiger partial charge in [0, 0.05) is 25.0 Å². The van der Waals surface area contributed by atoms with Gasteiger partial charge in [0.2, 0.25) is 0 Å². The van der Waals surface area contributed by atoms with E-state index in [0.29, 0.717) is 18.7 Å². The van der Waals surface area contributed by atoms with Gasteiger partial charge in [0.05, 0.1) is 18.5 Å². The minimum Gasteiger partial charge on any atom is -0.462 e. The molecule has 0 N–H and O–H groups in total. The number of aryl methyl sites for hydroxylation is 1. The van der Waals surface area contributed by atoms with Gasteiger partial charge in [0.1, 0.15) is 5.56 Å². The van der Waals surface area contributed by atoms with E-state index in [1.807, 2.05) is 14.0 Å². The molecule has 0 aliphatic heterocycles. The van der Waals surface area contributed by atoms with Crippen LogP contribution in [-0.4, -0.2) is 33.8 Å². The number of ether oxygens (including phenoxy) is 1. The Hall–Kier alpha value is -1.66. The third kappa shape index (κ3) is 3.92. The molecule has 0 fully saturated rings. The van der Waals surface area contributed by atoms with Crippen LogP contribution in [0.2, 0.25) is 0 Å². The molecule has 0 saturated heterocycles. The van der Waals surface area contributed by atoms with Crippen molar-refractivity contribution >= 4 is 17.3 Å². The maximum atomic E-state index is 12.0. The van der Waals surface area contributed by atoms with E-state index in [1.165, 1.54) is 4.88 Å². The molecule has 21 heavy (non-hydrogen) atoms. The van der Waals surface area contributed by atoms with Crippen molar-refractivity contribution in [2.45, 2.75) is 26.9 Å². The van der Waals surface area contributed by atoms with E-state index in [0.717, 1.165) is 18.8 Å². The molecule has 2 rings (SSSR count). The lowest BCUT2D eigenvalue weighted by Crippen LogP contribution is -2.24. The fourth-order valence-corrected chi connectivity index (χ4v) is 2.89. The molecule has 5 nitrogen and oxygen atoms in total. The van der Waals surface area contributed by atoms with Gasteiger partial charge in [-0.3, -0.25) is 9.58 Å². The summed E-state index contributed by atoms with van der Waals surface area (Å²) in [6, 6.07) is 4.19. The zero-order chi connectivity index (χ0) is 15.2. The van der Waals surface area contributed by atoms with E-state index >= 15 is 0 Å². The molecule has 6 heteroatoms. The quantitative estimate of drug-likeness (QED) is 0.738. The fourth-order valence-electron chi connectivity index (χ4n) is 2.14. The van der Waals surface area contributed by atoms with Gasteiger partial charge in [0.25, 0.3) is 0 Å². The highest BCUT2D eigenvalue weighted by Crippen LogP contribution is 2.16. The monoisotopic (exact) mass is 307 g/mol. The van der Waals surface area contributed by atoms with Crippen LogP contribution in [-0.2, 0) is 24.9 Å². The smallest absolute Gasteiger partial charge is 0.341 e. The van der Waals surface area contributed by atoms with Crippen molar-refractivity contribution in [2.24, 2.45) is 7.05 Å². The molecule has 0 amide bonds. The van der Waals surface area contributed by atoms with Crippen LogP contribution in [0.3, 0.4) is 0 Å². The average molecular weight is 307 g/mol. The lowest BCUT2D eigenvalue weighted by atomic mass is 10.2. The fraction of sp³-hybridized carbons (Fsp3) is 0.467. The van der Waals surface area contributed by atoms with E-state index in [1.54, 1.807) is 22.2 Å². The molecule has 2 heterocycles. The van der Waals surface area contributed by atoms with E-state index in [2.05, 4.69) is 34.4 Å². The molecule has 0 aromatic carbocycles. The first-order chi connectivity index (χ1) is 10.2. The Kier molecular flexibility index (Phi) is 5.52. The zero-order valence-electron chi connectivity index (χ0n) is 12.7. The summed E-state index contributed by atoms with van der Waals surface area (Å²) >= 11 is 1.75. The van der Waals surface area contributed by atoms with Crippen LogP contribution in [0.15, 0.2) is 23.7 Å². The minimum atomic E-state index is -0.298. The predicted octanol–water partition coefficient (Wildman–Crippen LogP) is 2.68. The van der Waals surface area contributed by atoms with Gasteiger partial charge in [-0.2, -0.15) is 5.10 Å². The molecule has 2 aromatic heterocycles. The molecule has 0 aliphatic carbocycles. The van der Waals surface area contributed by atoms with Crippen LogP contribution in [0.25, 0.3) is 0 Å². The molecular formula is C15H21N3O2S. The Morgan fingerprint density at radius 2 is 2.24 bits per heavy atom. The number of nitrogens with zero attached hydrogens (tertiary/aromatic N) is 3. The Balaban J connectivity index is 2.13. The van der Waals surface area contributed by atoms with Gasteiger partial charge in [0.15, 0.2) is 0 Å². The summed E-state index contributed by atoms with van der Waals surface area (Å²) < 4.78 is 6.85. The normalized spacial score (nSPS) is 11.0. The van der Waals surface area contributed by atoms with E-state index in [9.17, 15) is 4.79 Å². The number of carbonyl (C=O) groups is 1. The third-order valence-corrected chi connectivity index (χ3v) is 4.20. The van der Waals surface area contributed by atoms with Crippen LogP contribution >= 0.6 is 11.3 Å². The average Bonchev–Trinajstić information content (AvgIpc) is 3.09. The Labute approximate surface area is 129 Å². The summed E-state index contributed by atoms with van der Waals surface area (Å²) in [6.45, 7) is 6.77. The summed E-state index contributed by atoms with van der Waals surface area (Å²) in [4.78, 5) is 15.6. The van der Waals surface area contributed by atoms with Crippen LogP contribution in [0.5, 0.6) is 0 Å². The number of esters is 1. The lowest BCUT2D eigenvalue weighted by molar-refractivity contribution is 0.0523. The van der Waals surface area contributed by atoms with E-state index in [-0.39, 0.29) is 5.97 Å². The van der Waals surface area contributed by atoms with Crippen molar-refractivity contribution in [1.82, 2.24) is 14.7 Å². The maximum absolute atomic E-state index is 12.0. The van der Waals surface area contributed by atoms with Crippen molar-refractivity contribution in [2.75, 3.05) is 13.2 Å². The van der Waals surface area contributed by atoms with Crippen LogP contribution < -0.4 is 0 Å². The van der Waals surface area contributed by atoms with Gasteiger partial charge in [-0.05, 0) is 24.9 Å². The van der Waals surface area contributed by atoms with Gasteiger partial charge < -0.3 is 4.74 Å². The number of hydrogen-bond donors (Lipinski definition) is 0. The molecule has 0 unspecified atom stereocenters. The summed E-state index contributed by atoms with van der Waals surface area (Å²) in [5, 5.41) is 6.28. The maximum Gasteiger partial charge on any atom is 0.341 e. The van der Waals surface area contributed by atoms with Crippen molar-refractivity contribution in [1.29, 1.82) is 0 Å². The second-order valence-corrected chi connectivity index (χ2v) is 5.76.